The Kier molecular flexibility index (Phi) is 6.17. The maximum atomic E-state index is 12.8. The first kappa shape index (κ1) is 15.9. The summed E-state index contributed by atoms with van der Waals surface area (Å²) in [5.74, 6) is 0.0170. The third kappa shape index (κ3) is 4.27. The lowest BCUT2D eigenvalue weighted by Gasteiger charge is -2.27. The fourth-order valence-corrected chi connectivity index (χ4v) is 2.59. The highest BCUT2D eigenvalue weighted by Crippen LogP contribution is 2.18. The Morgan fingerprint density at radius 1 is 1.38 bits per heavy atom. The van der Waals surface area contributed by atoms with Crippen molar-refractivity contribution in [2.24, 2.45) is 5.92 Å². The number of hydrogen-bond donors (Lipinski definition) is 1. The first-order valence-electron chi connectivity index (χ1n) is 7.33. The van der Waals surface area contributed by atoms with E-state index in [0.717, 1.165) is 5.56 Å². The predicted octanol–water partition coefficient (Wildman–Crippen LogP) is 0.896. The molecule has 5 heteroatoms. The second-order valence-electron chi connectivity index (χ2n) is 5.28. The van der Waals surface area contributed by atoms with Crippen LogP contribution in [0.4, 0.5) is 0 Å². The van der Waals surface area contributed by atoms with E-state index in [1.54, 1.807) is 7.11 Å². The number of benzene rings is 1. The largest absolute Gasteiger partial charge is 0.383 e. The van der Waals surface area contributed by atoms with Gasteiger partial charge in [0.1, 0.15) is 0 Å². The van der Waals surface area contributed by atoms with Gasteiger partial charge >= 0.3 is 0 Å². The molecule has 0 spiro atoms. The molecule has 2 unspecified atom stereocenters. The minimum absolute atomic E-state index is 0.0957. The Hall–Kier alpha value is -1.43. The van der Waals surface area contributed by atoms with Gasteiger partial charge < -0.3 is 19.7 Å². The van der Waals surface area contributed by atoms with Crippen molar-refractivity contribution in [3.8, 4) is 0 Å². The first-order valence-corrected chi connectivity index (χ1v) is 7.33. The molecular formula is C16H24N2O3. The summed E-state index contributed by atoms with van der Waals surface area (Å²) in [5, 5.41) is 3.17. The molecule has 2 atom stereocenters. The second kappa shape index (κ2) is 8.12. The van der Waals surface area contributed by atoms with Gasteiger partial charge in [0.05, 0.1) is 25.7 Å². The van der Waals surface area contributed by atoms with Crippen molar-refractivity contribution in [3.05, 3.63) is 35.9 Å². The number of carbonyl (C=O) groups is 1. The van der Waals surface area contributed by atoms with Crippen LogP contribution in [0.1, 0.15) is 5.56 Å². The molecule has 0 radical (unpaired) electrons. The van der Waals surface area contributed by atoms with Gasteiger partial charge in [-0.2, -0.15) is 0 Å². The molecule has 1 heterocycles. The van der Waals surface area contributed by atoms with Gasteiger partial charge in [-0.1, -0.05) is 30.3 Å². The van der Waals surface area contributed by atoms with Crippen LogP contribution in [0.3, 0.4) is 0 Å². The van der Waals surface area contributed by atoms with Crippen molar-refractivity contribution in [1.82, 2.24) is 10.2 Å². The van der Waals surface area contributed by atoms with Crippen LogP contribution in [-0.4, -0.2) is 57.4 Å². The second-order valence-corrected chi connectivity index (χ2v) is 5.28. The van der Waals surface area contributed by atoms with Crippen LogP contribution >= 0.6 is 0 Å². The van der Waals surface area contributed by atoms with Crippen LogP contribution in [0.25, 0.3) is 0 Å². The van der Waals surface area contributed by atoms with E-state index < -0.39 is 0 Å². The molecule has 1 saturated heterocycles. The Balaban J connectivity index is 2.05. The van der Waals surface area contributed by atoms with E-state index in [2.05, 4.69) is 5.32 Å². The number of carbonyl (C=O) groups excluding carboxylic acids is 1. The van der Waals surface area contributed by atoms with Gasteiger partial charge in [0.15, 0.2) is 0 Å². The van der Waals surface area contributed by atoms with Gasteiger partial charge in [0.2, 0.25) is 5.91 Å². The van der Waals surface area contributed by atoms with Gasteiger partial charge in [-0.25, -0.2) is 0 Å². The average molecular weight is 292 g/mol. The summed E-state index contributed by atoms with van der Waals surface area (Å²) in [6.07, 6.45) is 0. The van der Waals surface area contributed by atoms with Gasteiger partial charge in [-0.05, 0) is 12.6 Å². The maximum Gasteiger partial charge on any atom is 0.230 e. The SMILES string of the molecule is CNC1COCC1C(=O)N(CCOC)Cc1ccccc1. The summed E-state index contributed by atoms with van der Waals surface area (Å²) >= 11 is 0. The van der Waals surface area contributed by atoms with Crippen LogP contribution in [0.5, 0.6) is 0 Å². The fourth-order valence-electron chi connectivity index (χ4n) is 2.59. The Bertz CT molecular complexity index is 438. The van der Waals surface area contributed by atoms with E-state index >= 15 is 0 Å². The highest BCUT2D eigenvalue weighted by atomic mass is 16.5. The monoisotopic (exact) mass is 292 g/mol. The Labute approximate surface area is 126 Å². The molecule has 1 aliphatic rings. The van der Waals surface area contributed by atoms with E-state index in [4.69, 9.17) is 9.47 Å². The number of nitrogens with zero attached hydrogens (tertiary/aromatic N) is 1. The summed E-state index contributed by atoms with van der Waals surface area (Å²) < 4.78 is 10.6. The number of ether oxygens (including phenoxy) is 2. The quantitative estimate of drug-likeness (QED) is 0.811. The van der Waals surface area contributed by atoms with Crippen LogP contribution in [0, 0.1) is 5.92 Å². The Morgan fingerprint density at radius 3 is 2.81 bits per heavy atom. The zero-order valence-electron chi connectivity index (χ0n) is 12.7. The number of rotatable bonds is 7. The third-order valence-corrected chi connectivity index (χ3v) is 3.86. The number of hydrogen-bond acceptors (Lipinski definition) is 4. The van der Waals surface area contributed by atoms with Gasteiger partial charge in [0.25, 0.3) is 0 Å². The van der Waals surface area contributed by atoms with Crippen LogP contribution in [-0.2, 0) is 20.8 Å². The van der Waals surface area contributed by atoms with E-state index in [-0.39, 0.29) is 17.9 Å². The lowest BCUT2D eigenvalue weighted by molar-refractivity contribution is -0.137. The van der Waals surface area contributed by atoms with Crippen molar-refractivity contribution in [2.75, 3.05) is 40.5 Å². The molecule has 2 rings (SSSR count). The van der Waals surface area contributed by atoms with Gasteiger partial charge in [-0.3, -0.25) is 4.79 Å². The third-order valence-electron chi connectivity index (χ3n) is 3.86. The van der Waals surface area contributed by atoms with Crippen molar-refractivity contribution < 1.29 is 14.3 Å². The zero-order chi connectivity index (χ0) is 15.1. The highest BCUT2D eigenvalue weighted by molar-refractivity contribution is 5.80. The van der Waals surface area contributed by atoms with Crippen LogP contribution in [0.15, 0.2) is 30.3 Å². The van der Waals surface area contributed by atoms with E-state index in [9.17, 15) is 4.79 Å². The molecule has 1 aromatic carbocycles. The smallest absolute Gasteiger partial charge is 0.230 e. The number of likely N-dealkylation sites (N-methyl/N-ethyl adjacent to an activating group) is 1. The summed E-state index contributed by atoms with van der Waals surface area (Å²) in [7, 11) is 3.52. The molecule has 1 amide bonds. The lowest BCUT2D eigenvalue weighted by atomic mass is 10.0. The number of nitrogens with one attached hydrogen (secondary N) is 1. The number of methoxy groups -OCH3 is 1. The topological polar surface area (TPSA) is 50.8 Å². The van der Waals surface area contributed by atoms with Crippen molar-refractivity contribution in [1.29, 1.82) is 0 Å². The van der Waals surface area contributed by atoms with Gasteiger partial charge in [0, 0.05) is 26.2 Å². The zero-order valence-corrected chi connectivity index (χ0v) is 12.7. The molecule has 5 nitrogen and oxygen atoms in total. The number of amides is 1. The molecule has 1 N–H and O–H groups in total. The summed E-state index contributed by atoms with van der Waals surface area (Å²) in [6, 6.07) is 10.1. The molecule has 1 aromatic rings. The lowest BCUT2D eigenvalue weighted by Crippen LogP contribution is -2.45. The van der Waals surface area contributed by atoms with Crippen molar-refractivity contribution >= 4 is 5.91 Å². The molecule has 116 valence electrons. The van der Waals surface area contributed by atoms with E-state index in [1.807, 2.05) is 42.3 Å². The van der Waals surface area contributed by atoms with Crippen LogP contribution in [0.2, 0.25) is 0 Å². The highest BCUT2D eigenvalue weighted by Gasteiger charge is 2.35. The van der Waals surface area contributed by atoms with Crippen LogP contribution < -0.4 is 5.32 Å². The normalized spacial score (nSPS) is 21.4. The standard InChI is InChI=1S/C16H24N2O3/c1-17-15-12-21-11-14(15)16(19)18(8-9-20-2)10-13-6-4-3-5-7-13/h3-7,14-15,17H,8-12H2,1-2H3. The summed E-state index contributed by atoms with van der Waals surface area (Å²) in [4.78, 5) is 14.6. The maximum absolute atomic E-state index is 12.8. The molecule has 0 aromatic heterocycles. The Morgan fingerprint density at radius 2 is 2.14 bits per heavy atom. The average Bonchev–Trinajstić information content (AvgIpc) is 3.00. The minimum atomic E-state index is -0.115. The summed E-state index contributed by atoms with van der Waals surface area (Å²) in [6.45, 7) is 2.82. The first-order chi connectivity index (χ1) is 10.3. The predicted molar refractivity (Wildman–Crippen MR) is 80.9 cm³/mol. The van der Waals surface area contributed by atoms with Crippen molar-refractivity contribution in [3.63, 3.8) is 0 Å². The molecule has 21 heavy (non-hydrogen) atoms. The molecule has 1 aliphatic heterocycles. The molecule has 0 bridgehead atoms. The van der Waals surface area contributed by atoms with Gasteiger partial charge in [-0.15, -0.1) is 0 Å². The van der Waals surface area contributed by atoms with Crippen molar-refractivity contribution in [2.45, 2.75) is 12.6 Å². The molecular weight excluding hydrogens is 268 g/mol. The molecule has 0 aliphatic carbocycles. The fraction of sp³-hybridized carbons (Fsp3) is 0.562. The molecule has 1 fully saturated rings. The van der Waals surface area contributed by atoms with E-state index in [1.165, 1.54) is 0 Å². The van der Waals surface area contributed by atoms with E-state index in [0.29, 0.717) is 32.9 Å². The molecule has 0 saturated carbocycles. The summed E-state index contributed by atoms with van der Waals surface area (Å²) in [5.41, 5.74) is 1.13. The minimum Gasteiger partial charge on any atom is -0.383 e.